The molecule has 0 fully saturated rings. The summed E-state index contributed by atoms with van der Waals surface area (Å²) >= 11 is 0. The molecule has 0 aromatic heterocycles. The zero-order valence-corrected chi connectivity index (χ0v) is 14.7. The molecule has 0 unspecified atom stereocenters. The SMILES string of the molecule is CCCCCCCOC(=O)Oc1cccc2cc3ccccc3cc12. The zero-order chi connectivity index (χ0) is 17.5. The molecule has 130 valence electrons. The van der Waals surface area contributed by atoms with Gasteiger partial charge in [0, 0.05) is 5.39 Å². The molecule has 3 heteroatoms. The van der Waals surface area contributed by atoms with Gasteiger partial charge in [-0.25, -0.2) is 4.79 Å². The molecule has 0 amide bonds. The molecular formula is C22H24O3. The molecule has 0 aliphatic rings. The molecule has 3 nitrogen and oxygen atoms in total. The van der Waals surface area contributed by atoms with E-state index < -0.39 is 6.16 Å². The van der Waals surface area contributed by atoms with Crippen molar-refractivity contribution in [1.82, 2.24) is 0 Å². The van der Waals surface area contributed by atoms with Crippen molar-refractivity contribution in [1.29, 1.82) is 0 Å². The number of unbranched alkanes of at least 4 members (excludes halogenated alkanes) is 4. The highest BCUT2D eigenvalue weighted by Crippen LogP contribution is 2.30. The van der Waals surface area contributed by atoms with E-state index >= 15 is 0 Å². The fourth-order valence-electron chi connectivity index (χ4n) is 3.01. The number of rotatable bonds is 7. The fraction of sp³-hybridized carbons (Fsp3) is 0.318. The Bertz CT molecular complexity index is 854. The van der Waals surface area contributed by atoms with Crippen LogP contribution in [0.25, 0.3) is 21.5 Å². The summed E-state index contributed by atoms with van der Waals surface area (Å²) in [6.07, 6.45) is 4.96. The van der Waals surface area contributed by atoms with Gasteiger partial charge in [0.2, 0.25) is 0 Å². The summed E-state index contributed by atoms with van der Waals surface area (Å²) in [6, 6.07) is 18.0. The standard InChI is InChI=1S/C22H24O3/c1-2-3-4-5-8-14-24-22(23)25-21-13-9-12-19-15-17-10-6-7-11-18(17)16-20(19)21/h6-7,9-13,15-16H,2-5,8,14H2,1H3. The first-order valence-corrected chi connectivity index (χ1v) is 9.04. The third-order valence-electron chi connectivity index (χ3n) is 4.37. The average Bonchev–Trinajstić information content (AvgIpc) is 2.63. The minimum absolute atomic E-state index is 0.413. The Hall–Kier alpha value is -2.55. The van der Waals surface area contributed by atoms with Gasteiger partial charge in [0.1, 0.15) is 5.75 Å². The van der Waals surface area contributed by atoms with Gasteiger partial charge in [-0.1, -0.05) is 69.0 Å². The van der Waals surface area contributed by atoms with E-state index in [0.717, 1.165) is 29.0 Å². The summed E-state index contributed by atoms with van der Waals surface area (Å²) in [7, 11) is 0. The topological polar surface area (TPSA) is 35.5 Å². The molecule has 0 atom stereocenters. The summed E-state index contributed by atoms with van der Waals surface area (Å²) in [5, 5.41) is 4.25. The smallest absolute Gasteiger partial charge is 0.434 e. The molecule has 3 aromatic rings. The molecule has 25 heavy (non-hydrogen) atoms. The lowest BCUT2D eigenvalue weighted by Gasteiger charge is -2.09. The van der Waals surface area contributed by atoms with Gasteiger partial charge in [0.05, 0.1) is 6.61 Å². The summed E-state index contributed by atoms with van der Waals surface area (Å²) in [6.45, 7) is 2.59. The lowest BCUT2D eigenvalue weighted by Crippen LogP contribution is -2.11. The Labute approximate surface area is 148 Å². The Balaban J connectivity index is 1.66. The van der Waals surface area contributed by atoms with Crippen molar-refractivity contribution in [3.05, 3.63) is 54.6 Å². The molecular weight excluding hydrogens is 312 g/mol. The predicted octanol–water partition coefficient (Wildman–Crippen LogP) is 6.48. The number of hydrogen-bond acceptors (Lipinski definition) is 3. The van der Waals surface area contributed by atoms with Crippen LogP contribution >= 0.6 is 0 Å². The van der Waals surface area contributed by atoms with E-state index in [1.165, 1.54) is 24.6 Å². The minimum atomic E-state index is -0.629. The molecule has 0 N–H and O–H groups in total. The fourth-order valence-corrected chi connectivity index (χ4v) is 3.01. The van der Waals surface area contributed by atoms with Crippen molar-refractivity contribution < 1.29 is 14.3 Å². The van der Waals surface area contributed by atoms with Crippen LogP contribution in [-0.4, -0.2) is 12.8 Å². The number of ether oxygens (including phenoxy) is 2. The van der Waals surface area contributed by atoms with E-state index in [4.69, 9.17) is 9.47 Å². The van der Waals surface area contributed by atoms with Crippen molar-refractivity contribution in [3.8, 4) is 5.75 Å². The molecule has 0 heterocycles. The van der Waals surface area contributed by atoms with Crippen molar-refractivity contribution >= 4 is 27.7 Å². The number of carbonyl (C=O) groups excluding carboxylic acids is 1. The van der Waals surface area contributed by atoms with E-state index in [1.807, 2.05) is 24.3 Å². The van der Waals surface area contributed by atoms with Gasteiger partial charge in [-0.15, -0.1) is 0 Å². The summed E-state index contributed by atoms with van der Waals surface area (Å²) in [5.41, 5.74) is 0. The van der Waals surface area contributed by atoms with Gasteiger partial charge in [0.25, 0.3) is 0 Å². The van der Waals surface area contributed by atoms with Crippen LogP contribution in [0.4, 0.5) is 4.79 Å². The van der Waals surface area contributed by atoms with Crippen LogP contribution in [0.3, 0.4) is 0 Å². The van der Waals surface area contributed by atoms with E-state index in [2.05, 4.69) is 31.2 Å². The Morgan fingerprint density at radius 3 is 2.36 bits per heavy atom. The maximum atomic E-state index is 12.0. The third-order valence-corrected chi connectivity index (χ3v) is 4.37. The minimum Gasteiger partial charge on any atom is -0.434 e. The van der Waals surface area contributed by atoms with E-state index in [0.29, 0.717) is 12.4 Å². The van der Waals surface area contributed by atoms with Gasteiger partial charge in [-0.2, -0.15) is 0 Å². The summed E-state index contributed by atoms with van der Waals surface area (Å²) < 4.78 is 10.6. The van der Waals surface area contributed by atoms with Crippen molar-refractivity contribution in [2.75, 3.05) is 6.61 Å². The second-order valence-corrected chi connectivity index (χ2v) is 6.29. The van der Waals surface area contributed by atoms with E-state index in [1.54, 1.807) is 6.07 Å². The van der Waals surface area contributed by atoms with Crippen molar-refractivity contribution in [2.24, 2.45) is 0 Å². The zero-order valence-electron chi connectivity index (χ0n) is 14.7. The van der Waals surface area contributed by atoms with Gasteiger partial charge in [-0.3, -0.25) is 0 Å². The van der Waals surface area contributed by atoms with Gasteiger partial charge < -0.3 is 9.47 Å². The quantitative estimate of drug-likeness (QED) is 0.214. The molecule has 0 aliphatic carbocycles. The van der Waals surface area contributed by atoms with E-state index in [9.17, 15) is 4.79 Å². The number of hydrogen-bond donors (Lipinski definition) is 0. The number of fused-ring (bicyclic) bond motifs is 2. The Morgan fingerprint density at radius 2 is 1.56 bits per heavy atom. The first kappa shape index (κ1) is 17.3. The maximum absolute atomic E-state index is 12.0. The molecule has 0 aliphatic heterocycles. The van der Waals surface area contributed by atoms with E-state index in [-0.39, 0.29) is 0 Å². The number of benzene rings is 3. The summed E-state index contributed by atoms with van der Waals surface area (Å²) in [5.74, 6) is 0.541. The lowest BCUT2D eigenvalue weighted by molar-refractivity contribution is 0.0978. The lowest BCUT2D eigenvalue weighted by atomic mass is 10.0. The van der Waals surface area contributed by atoms with Crippen LogP contribution in [0.5, 0.6) is 5.75 Å². The van der Waals surface area contributed by atoms with Crippen LogP contribution in [0.15, 0.2) is 54.6 Å². The van der Waals surface area contributed by atoms with Gasteiger partial charge in [-0.05, 0) is 40.8 Å². The normalized spacial score (nSPS) is 10.9. The highest BCUT2D eigenvalue weighted by Gasteiger charge is 2.10. The molecule has 0 saturated carbocycles. The second kappa shape index (κ2) is 8.52. The molecule has 3 rings (SSSR count). The van der Waals surface area contributed by atoms with Crippen LogP contribution in [0, 0.1) is 0 Å². The molecule has 0 radical (unpaired) electrons. The van der Waals surface area contributed by atoms with Gasteiger partial charge in [0.15, 0.2) is 0 Å². The van der Waals surface area contributed by atoms with Crippen LogP contribution in [0.2, 0.25) is 0 Å². The van der Waals surface area contributed by atoms with Crippen LogP contribution in [-0.2, 0) is 4.74 Å². The summed E-state index contributed by atoms with van der Waals surface area (Å²) in [4.78, 5) is 12.0. The monoisotopic (exact) mass is 336 g/mol. The molecule has 0 bridgehead atoms. The highest BCUT2D eigenvalue weighted by atomic mass is 16.7. The highest BCUT2D eigenvalue weighted by molar-refractivity contribution is 6.01. The van der Waals surface area contributed by atoms with Crippen molar-refractivity contribution in [2.45, 2.75) is 39.0 Å². The predicted molar refractivity (Wildman–Crippen MR) is 102 cm³/mol. The Kier molecular flexibility index (Phi) is 5.89. The Morgan fingerprint density at radius 1 is 0.840 bits per heavy atom. The van der Waals surface area contributed by atoms with Crippen molar-refractivity contribution in [3.63, 3.8) is 0 Å². The van der Waals surface area contributed by atoms with Crippen LogP contribution < -0.4 is 4.74 Å². The van der Waals surface area contributed by atoms with Gasteiger partial charge >= 0.3 is 6.16 Å². The first-order valence-electron chi connectivity index (χ1n) is 9.04. The van der Waals surface area contributed by atoms with Crippen LogP contribution in [0.1, 0.15) is 39.0 Å². The average molecular weight is 336 g/mol. The largest absolute Gasteiger partial charge is 0.513 e. The maximum Gasteiger partial charge on any atom is 0.513 e. The molecule has 3 aromatic carbocycles. The number of carbonyl (C=O) groups is 1. The third kappa shape index (κ3) is 4.50. The molecule has 0 saturated heterocycles. The second-order valence-electron chi connectivity index (χ2n) is 6.29. The first-order chi connectivity index (χ1) is 12.3. The molecule has 0 spiro atoms.